The lowest BCUT2D eigenvalue weighted by Gasteiger charge is -2.24. The molecular weight excluding hydrogens is 499 g/mol. The Balaban J connectivity index is 1.89. The lowest BCUT2D eigenvalue weighted by molar-refractivity contribution is -0.119. The Bertz CT molecular complexity index is 1300. The quantitative estimate of drug-likeness (QED) is 0.432. The molecule has 0 aliphatic heterocycles. The summed E-state index contributed by atoms with van der Waals surface area (Å²) in [4.78, 5) is 12.9. The highest BCUT2D eigenvalue weighted by atomic mass is 35.5. The van der Waals surface area contributed by atoms with Gasteiger partial charge >= 0.3 is 0 Å². The Labute approximate surface area is 208 Å². The molecule has 0 radical (unpaired) electrons. The predicted octanol–water partition coefficient (Wildman–Crippen LogP) is 4.02. The van der Waals surface area contributed by atoms with Crippen molar-refractivity contribution >= 4 is 33.2 Å². The topological polar surface area (TPSA) is 94.2 Å². The van der Waals surface area contributed by atoms with Crippen molar-refractivity contribution in [1.29, 1.82) is 0 Å². The van der Waals surface area contributed by atoms with Gasteiger partial charge in [-0.3, -0.25) is 9.10 Å². The molecule has 3 aromatic rings. The Kier molecular flexibility index (Phi) is 8.42. The van der Waals surface area contributed by atoms with Crippen molar-refractivity contribution in [2.75, 3.05) is 32.2 Å². The summed E-state index contributed by atoms with van der Waals surface area (Å²) >= 11 is 5.89. The number of hydrogen-bond acceptors (Lipinski definition) is 6. The molecule has 0 aliphatic rings. The first-order valence-corrected chi connectivity index (χ1v) is 12.1. The van der Waals surface area contributed by atoms with Gasteiger partial charge in [0.25, 0.3) is 10.0 Å². The fraction of sp³-hybridized carbons (Fsp3) is 0.208. The summed E-state index contributed by atoms with van der Waals surface area (Å²) in [5, 5.41) is 2.41. The van der Waals surface area contributed by atoms with E-state index in [-0.39, 0.29) is 22.2 Å². The summed E-state index contributed by atoms with van der Waals surface area (Å²) in [6, 6.07) is 14.4. The molecule has 0 atom stereocenters. The zero-order chi connectivity index (χ0) is 25.6. The molecule has 35 heavy (non-hydrogen) atoms. The highest BCUT2D eigenvalue weighted by molar-refractivity contribution is 7.92. The molecule has 0 aliphatic carbocycles. The summed E-state index contributed by atoms with van der Waals surface area (Å²) in [6.45, 7) is -0.555. The third kappa shape index (κ3) is 5.77. The number of hydrogen-bond donors (Lipinski definition) is 1. The molecule has 0 saturated heterocycles. The maximum absolute atomic E-state index is 13.7. The maximum Gasteiger partial charge on any atom is 0.264 e. The normalized spacial score (nSPS) is 11.0. The number of nitrogens with zero attached hydrogens (tertiary/aromatic N) is 1. The van der Waals surface area contributed by atoms with E-state index >= 15 is 0 Å². The second-order valence-electron chi connectivity index (χ2n) is 7.19. The number of benzene rings is 3. The molecule has 0 saturated carbocycles. The predicted molar refractivity (Wildman–Crippen MR) is 130 cm³/mol. The van der Waals surface area contributed by atoms with Crippen LogP contribution in [0.1, 0.15) is 5.56 Å². The first-order valence-electron chi connectivity index (χ1n) is 10.3. The van der Waals surface area contributed by atoms with Gasteiger partial charge in [0.2, 0.25) is 11.7 Å². The fourth-order valence-corrected chi connectivity index (χ4v) is 4.97. The molecule has 0 heterocycles. The van der Waals surface area contributed by atoms with Crippen LogP contribution in [0.25, 0.3) is 0 Å². The van der Waals surface area contributed by atoms with Crippen molar-refractivity contribution in [2.45, 2.75) is 11.4 Å². The largest absolute Gasteiger partial charge is 0.493 e. The average Bonchev–Trinajstić information content (AvgIpc) is 2.87. The van der Waals surface area contributed by atoms with Gasteiger partial charge in [-0.25, -0.2) is 12.8 Å². The van der Waals surface area contributed by atoms with Gasteiger partial charge in [0.05, 0.1) is 36.9 Å². The summed E-state index contributed by atoms with van der Waals surface area (Å²) in [7, 11) is 0.239. The van der Waals surface area contributed by atoms with Crippen LogP contribution in [0.3, 0.4) is 0 Å². The van der Waals surface area contributed by atoms with Crippen LogP contribution in [0.2, 0.25) is 5.02 Å². The number of carbonyl (C=O) groups excluding carboxylic acids is 1. The average molecular weight is 523 g/mol. The van der Waals surface area contributed by atoms with Gasteiger partial charge in [-0.05, 0) is 42.5 Å². The highest BCUT2D eigenvalue weighted by Crippen LogP contribution is 2.39. The van der Waals surface area contributed by atoms with Crippen LogP contribution in [-0.4, -0.2) is 42.2 Å². The second kappa shape index (κ2) is 11.3. The van der Waals surface area contributed by atoms with Gasteiger partial charge in [0.1, 0.15) is 12.4 Å². The Morgan fingerprint density at radius 2 is 1.66 bits per heavy atom. The van der Waals surface area contributed by atoms with Gasteiger partial charge in [0.15, 0.2) is 11.5 Å². The van der Waals surface area contributed by atoms with Gasteiger partial charge < -0.3 is 19.5 Å². The number of nitrogens with one attached hydrogen (secondary N) is 1. The minimum Gasteiger partial charge on any atom is -0.493 e. The summed E-state index contributed by atoms with van der Waals surface area (Å²) in [6.07, 6.45) is 0. The molecule has 0 aromatic heterocycles. The smallest absolute Gasteiger partial charge is 0.264 e. The van der Waals surface area contributed by atoms with E-state index in [1.807, 2.05) is 0 Å². The summed E-state index contributed by atoms with van der Waals surface area (Å²) in [5.74, 6) is -0.144. The van der Waals surface area contributed by atoms with Crippen LogP contribution >= 0.6 is 11.6 Å². The molecule has 0 unspecified atom stereocenters. The van der Waals surface area contributed by atoms with E-state index < -0.39 is 28.3 Å². The number of rotatable bonds is 10. The van der Waals surface area contributed by atoms with Crippen molar-refractivity contribution in [1.82, 2.24) is 5.32 Å². The van der Waals surface area contributed by atoms with E-state index in [0.29, 0.717) is 22.8 Å². The molecule has 0 bridgehead atoms. The van der Waals surface area contributed by atoms with Gasteiger partial charge in [-0.1, -0.05) is 29.8 Å². The highest BCUT2D eigenvalue weighted by Gasteiger charge is 2.28. The van der Waals surface area contributed by atoms with Crippen molar-refractivity contribution in [3.05, 3.63) is 77.1 Å². The van der Waals surface area contributed by atoms with E-state index in [9.17, 15) is 17.6 Å². The first-order chi connectivity index (χ1) is 16.7. The van der Waals surface area contributed by atoms with E-state index in [4.69, 9.17) is 25.8 Å². The third-order valence-electron chi connectivity index (χ3n) is 5.07. The van der Waals surface area contributed by atoms with Gasteiger partial charge in [-0.2, -0.15) is 0 Å². The minimum absolute atomic E-state index is 0.0196. The first kappa shape index (κ1) is 26.1. The molecule has 0 fully saturated rings. The number of sulfonamides is 1. The fourth-order valence-electron chi connectivity index (χ4n) is 3.36. The van der Waals surface area contributed by atoms with Crippen molar-refractivity contribution in [3.8, 4) is 17.2 Å². The molecule has 3 aromatic carbocycles. The summed E-state index contributed by atoms with van der Waals surface area (Å²) < 4.78 is 57.3. The zero-order valence-electron chi connectivity index (χ0n) is 19.2. The number of amides is 1. The molecule has 3 rings (SSSR count). The van der Waals surface area contributed by atoms with Crippen molar-refractivity contribution in [3.63, 3.8) is 0 Å². The molecule has 8 nitrogen and oxygen atoms in total. The van der Waals surface area contributed by atoms with E-state index in [1.54, 1.807) is 30.3 Å². The lowest BCUT2D eigenvalue weighted by Crippen LogP contribution is -2.40. The molecule has 186 valence electrons. The molecule has 1 amide bonds. The van der Waals surface area contributed by atoms with E-state index in [2.05, 4.69) is 5.32 Å². The third-order valence-corrected chi connectivity index (χ3v) is 7.15. The van der Waals surface area contributed by atoms with Crippen LogP contribution in [0.5, 0.6) is 17.2 Å². The Morgan fingerprint density at radius 1 is 0.971 bits per heavy atom. The number of halogens is 2. The molecule has 11 heteroatoms. The lowest BCUT2D eigenvalue weighted by atomic mass is 10.1. The minimum atomic E-state index is -4.16. The van der Waals surface area contributed by atoms with Crippen LogP contribution in [0, 0.1) is 5.82 Å². The standard InChI is InChI=1S/C24H24ClFN2O6S/c1-32-21-12-9-16(23(33-2)24(21)34-3)14-27-22(29)15-28(17-10-11-20(26)19(25)13-17)35(30,31)18-7-5-4-6-8-18/h4-13H,14-15H2,1-3H3,(H,27,29). The van der Waals surface area contributed by atoms with Gasteiger partial charge in [-0.15, -0.1) is 0 Å². The van der Waals surface area contributed by atoms with Crippen LogP contribution in [0.4, 0.5) is 10.1 Å². The number of methoxy groups -OCH3 is 3. The maximum atomic E-state index is 13.7. The van der Waals surface area contributed by atoms with Gasteiger partial charge in [0, 0.05) is 12.1 Å². The molecule has 1 N–H and O–H groups in total. The van der Waals surface area contributed by atoms with E-state index in [1.165, 1.54) is 39.5 Å². The van der Waals surface area contributed by atoms with E-state index in [0.717, 1.165) is 16.4 Å². The molecular formula is C24H24ClFN2O6S. The Morgan fingerprint density at radius 3 is 2.26 bits per heavy atom. The zero-order valence-corrected chi connectivity index (χ0v) is 20.8. The number of anilines is 1. The number of carbonyl (C=O) groups is 1. The van der Waals surface area contributed by atoms with Crippen molar-refractivity contribution < 1.29 is 31.8 Å². The van der Waals surface area contributed by atoms with Crippen LogP contribution in [0.15, 0.2) is 65.6 Å². The summed E-state index contributed by atoms with van der Waals surface area (Å²) in [5.41, 5.74) is 0.625. The van der Waals surface area contributed by atoms with Crippen LogP contribution < -0.4 is 23.8 Å². The molecule has 0 spiro atoms. The monoisotopic (exact) mass is 522 g/mol. The number of ether oxygens (including phenoxy) is 3. The Hall–Kier alpha value is -3.50. The van der Waals surface area contributed by atoms with Crippen LogP contribution in [-0.2, 0) is 21.4 Å². The SMILES string of the molecule is COc1ccc(CNC(=O)CN(c2ccc(F)c(Cl)c2)S(=O)(=O)c2ccccc2)c(OC)c1OC. The van der Waals surface area contributed by atoms with Crippen molar-refractivity contribution in [2.24, 2.45) is 0 Å². The second-order valence-corrected chi connectivity index (χ2v) is 9.46.